The van der Waals surface area contributed by atoms with Crippen LogP contribution in [-0.2, 0) is 13.6 Å². The molecule has 3 rings (SSSR count). The Morgan fingerprint density at radius 2 is 2.04 bits per heavy atom. The van der Waals surface area contributed by atoms with Gasteiger partial charge in [-0.25, -0.2) is 4.98 Å². The Hall–Kier alpha value is -1.85. The molecule has 0 N–H and O–H groups in total. The lowest BCUT2D eigenvalue weighted by atomic mass is 10.1. The van der Waals surface area contributed by atoms with Crippen LogP contribution in [0.4, 0.5) is 0 Å². The van der Waals surface area contributed by atoms with Crippen LogP contribution in [0.2, 0.25) is 5.02 Å². The summed E-state index contributed by atoms with van der Waals surface area (Å²) in [5.41, 5.74) is 2.53. The van der Waals surface area contributed by atoms with Gasteiger partial charge >= 0.3 is 0 Å². The van der Waals surface area contributed by atoms with E-state index in [-0.39, 0.29) is 5.91 Å². The first-order valence-electron chi connectivity index (χ1n) is 9.01. The monoisotopic (exact) mass is 447 g/mol. The van der Waals surface area contributed by atoms with Crippen LogP contribution in [0.3, 0.4) is 0 Å². The van der Waals surface area contributed by atoms with Gasteiger partial charge < -0.3 is 9.47 Å². The van der Waals surface area contributed by atoms with Crippen LogP contribution in [0, 0.1) is 5.92 Å². The minimum Gasteiger partial charge on any atom is -0.331 e. The number of rotatable bonds is 6. The van der Waals surface area contributed by atoms with Gasteiger partial charge in [-0.3, -0.25) is 4.79 Å². The fraction of sp³-hybridized carbons (Fsp3) is 0.333. The van der Waals surface area contributed by atoms with Gasteiger partial charge in [-0.05, 0) is 48.7 Å². The van der Waals surface area contributed by atoms with E-state index in [4.69, 9.17) is 16.6 Å². The molecule has 0 aliphatic carbocycles. The van der Waals surface area contributed by atoms with Crippen LogP contribution in [0.5, 0.6) is 0 Å². The molecule has 4 nitrogen and oxygen atoms in total. The van der Waals surface area contributed by atoms with Crippen LogP contribution in [0.25, 0.3) is 11.0 Å². The predicted octanol–water partition coefficient (Wildman–Crippen LogP) is 5.68. The lowest BCUT2D eigenvalue weighted by Gasteiger charge is -2.23. The number of amides is 1. The number of benzene rings is 2. The second-order valence-corrected chi connectivity index (χ2v) is 8.49. The molecular formula is C21H23BrClN3O. The molecule has 1 heterocycles. The second-order valence-electron chi connectivity index (χ2n) is 7.14. The number of hydrogen-bond acceptors (Lipinski definition) is 2. The van der Waals surface area contributed by atoms with Gasteiger partial charge in [-0.15, -0.1) is 0 Å². The zero-order valence-corrected chi connectivity index (χ0v) is 18.1. The first kappa shape index (κ1) is 19.9. The zero-order valence-electron chi connectivity index (χ0n) is 15.7. The smallest absolute Gasteiger partial charge is 0.254 e. The maximum atomic E-state index is 13.1. The molecule has 3 aromatic rings. The van der Waals surface area contributed by atoms with E-state index in [1.54, 1.807) is 0 Å². The van der Waals surface area contributed by atoms with Crippen molar-refractivity contribution in [1.82, 2.24) is 14.5 Å². The number of aromatic nitrogens is 2. The maximum Gasteiger partial charge on any atom is 0.254 e. The average molecular weight is 449 g/mol. The summed E-state index contributed by atoms with van der Waals surface area (Å²) in [6, 6.07) is 13.2. The number of imidazole rings is 1. The summed E-state index contributed by atoms with van der Waals surface area (Å²) in [6.45, 7) is 5.48. The average Bonchev–Trinajstić information content (AvgIpc) is 2.93. The van der Waals surface area contributed by atoms with Crippen LogP contribution < -0.4 is 0 Å². The van der Waals surface area contributed by atoms with Crippen molar-refractivity contribution in [3.63, 3.8) is 0 Å². The number of fused-ring (bicyclic) bond motifs is 1. The minimum absolute atomic E-state index is 0.0158. The highest BCUT2D eigenvalue weighted by Crippen LogP contribution is 2.22. The van der Waals surface area contributed by atoms with Gasteiger partial charge in [0, 0.05) is 28.7 Å². The Morgan fingerprint density at radius 1 is 1.26 bits per heavy atom. The predicted molar refractivity (Wildman–Crippen MR) is 114 cm³/mol. The number of carbonyl (C=O) groups excluding carboxylic acids is 1. The summed E-state index contributed by atoms with van der Waals surface area (Å²) in [7, 11) is 1.96. The number of nitrogens with zero attached hydrogens (tertiary/aromatic N) is 3. The van der Waals surface area contributed by atoms with Crippen molar-refractivity contribution >= 4 is 44.5 Å². The number of hydrogen-bond donors (Lipinski definition) is 0. The molecular weight excluding hydrogens is 426 g/mol. The molecule has 1 amide bonds. The molecule has 0 unspecified atom stereocenters. The van der Waals surface area contributed by atoms with Gasteiger partial charge in [-0.1, -0.05) is 47.4 Å². The van der Waals surface area contributed by atoms with Crippen LogP contribution in [0.1, 0.15) is 36.5 Å². The van der Waals surface area contributed by atoms with Crippen LogP contribution in [0.15, 0.2) is 46.9 Å². The third-order valence-corrected chi connectivity index (χ3v) is 5.33. The van der Waals surface area contributed by atoms with E-state index in [0.29, 0.717) is 29.6 Å². The number of aryl methyl sites for hydroxylation is 1. The first-order chi connectivity index (χ1) is 12.8. The minimum atomic E-state index is 0.0158. The largest absolute Gasteiger partial charge is 0.331 e. The van der Waals surface area contributed by atoms with Crippen LogP contribution in [-0.4, -0.2) is 26.9 Å². The third kappa shape index (κ3) is 4.71. The van der Waals surface area contributed by atoms with Crippen molar-refractivity contribution in [2.24, 2.45) is 13.0 Å². The fourth-order valence-electron chi connectivity index (χ4n) is 3.00. The quantitative estimate of drug-likeness (QED) is 0.487. The van der Waals surface area contributed by atoms with Crippen molar-refractivity contribution in [2.45, 2.75) is 26.8 Å². The van der Waals surface area contributed by atoms with Gasteiger partial charge in [0.05, 0.1) is 17.6 Å². The van der Waals surface area contributed by atoms with Crippen molar-refractivity contribution in [3.05, 3.63) is 63.3 Å². The Morgan fingerprint density at radius 3 is 2.74 bits per heavy atom. The molecule has 142 valence electrons. The molecule has 0 aliphatic heterocycles. The Labute approximate surface area is 173 Å². The topological polar surface area (TPSA) is 38.1 Å². The van der Waals surface area contributed by atoms with E-state index >= 15 is 0 Å². The molecule has 0 aliphatic rings. The molecule has 0 saturated carbocycles. The Bertz CT molecular complexity index is 967. The number of halogens is 2. The van der Waals surface area contributed by atoms with Crippen molar-refractivity contribution < 1.29 is 4.79 Å². The highest BCUT2D eigenvalue weighted by Gasteiger charge is 2.20. The van der Waals surface area contributed by atoms with E-state index in [1.807, 2.05) is 59.0 Å². The van der Waals surface area contributed by atoms with E-state index in [2.05, 4.69) is 29.8 Å². The second kappa shape index (κ2) is 8.44. The van der Waals surface area contributed by atoms with E-state index in [1.165, 1.54) is 0 Å². The summed E-state index contributed by atoms with van der Waals surface area (Å²) in [5.74, 6) is 1.38. The SMILES string of the molecule is CC(C)CCN(Cc1nc2ccc(Cl)cc2n1C)C(=O)c1cccc(Br)c1. The third-order valence-electron chi connectivity index (χ3n) is 4.60. The summed E-state index contributed by atoms with van der Waals surface area (Å²) >= 11 is 9.58. The molecule has 0 bridgehead atoms. The van der Waals surface area contributed by atoms with E-state index < -0.39 is 0 Å². The molecule has 0 radical (unpaired) electrons. The van der Waals surface area contributed by atoms with Crippen LogP contribution >= 0.6 is 27.5 Å². The van der Waals surface area contributed by atoms with Gasteiger partial charge in [0.2, 0.25) is 0 Å². The highest BCUT2D eigenvalue weighted by atomic mass is 79.9. The molecule has 1 aromatic heterocycles. The summed E-state index contributed by atoms with van der Waals surface area (Å²) < 4.78 is 2.91. The molecule has 27 heavy (non-hydrogen) atoms. The Balaban J connectivity index is 1.91. The van der Waals surface area contributed by atoms with Gasteiger partial charge in [0.1, 0.15) is 5.82 Å². The van der Waals surface area contributed by atoms with Gasteiger partial charge in [0.25, 0.3) is 5.91 Å². The van der Waals surface area contributed by atoms with E-state index in [9.17, 15) is 4.79 Å². The summed E-state index contributed by atoms with van der Waals surface area (Å²) in [6.07, 6.45) is 0.940. The van der Waals surface area contributed by atoms with E-state index in [0.717, 1.165) is 27.8 Å². The maximum absolute atomic E-state index is 13.1. The van der Waals surface area contributed by atoms with Gasteiger partial charge in [0.15, 0.2) is 0 Å². The number of carbonyl (C=O) groups is 1. The fourth-order valence-corrected chi connectivity index (χ4v) is 3.56. The molecule has 2 aromatic carbocycles. The standard InChI is InChI=1S/C21H23BrClN3O/c1-14(2)9-10-26(21(27)15-5-4-6-16(22)11-15)13-20-24-18-8-7-17(23)12-19(18)25(20)3/h4-8,11-12,14H,9-10,13H2,1-3H3. The molecule has 0 spiro atoms. The molecule has 0 atom stereocenters. The molecule has 0 saturated heterocycles. The van der Waals surface area contributed by atoms with Crippen molar-refractivity contribution in [2.75, 3.05) is 6.54 Å². The lowest BCUT2D eigenvalue weighted by molar-refractivity contribution is 0.0730. The van der Waals surface area contributed by atoms with Crippen molar-refractivity contribution in [3.8, 4) is 0 Å². The summed E-state index contributed by atoms with van der Waals surface area (Å²) in [5, 5.41) is 0.680. The first-order valence-corrected chi connectivity index (χ1v) is 10.2. The molecule has 6 heteroatoms. The molecule has 0 fully saturated rings. The summed E-state index contributed by atoms with van der Waals surface area (Å²) in [4.78, 5) is 19.7. The van der Waals surface area contributed by atoms with Crippen molar-refractivity contribution in [1.29, 1.82) is 0 Å². The Kier molecular flexibility index (Phi) is 6.22. The normalized spacial score (nSPS) is 11.3. The zero-order chi connectivity index (χ0) is 19.6. The highest BCUT2D eigenvalue weighted by molar-refractivity contribution is 9.10. The van der Waals surface area contributed by atoms with Gasteiger partial charge in [-0.2, -0.15) is 0 Å². The lowest BCUT2D eigenvalue weighted by Crippen LogP contribution is -2.33.